The SMILES string of the molecule is OCCCSCc1nc(C2CC2)no1. The Morgan fingerprint density at radius 2 is 2.36 bits per heavy atom. The Hall–Kier alpha value is -0.550. The molecule has 0 bridgehead atoms. The van der Waals surface area contributed by atoms with Crippen molar-refractivity contribution in [1.29, 1.82) is 0 Å². The van der Waals surface area contributed by atoms with Gasteiger partial charge in [-0.3, -0.25) is 0 Å². The molecule has 0 saturated heterocycles. The lowest BCUT2D eigenvalue weighted by atomic mass is 10.4. The molecule has 0 aromatic carbocycles. The van der Waals surface area contributed by atoms with Crippen molar-refractivity contribution in [2.75, 3.05) is 12.4 Å². The largest absolute Gasteiger partial charge is 0.396 e. The lowest BCUT2D eigenvalue weighted by molar-refractivity contribution is 0.296. The molecule has 1 aliphatic carbocycles. The zero-order chi connectivity index (χ0) is 9.80. The van der Waals surface area contributed by atoms with Gasteiger partial charge in [-0.1, -0.05) is 5.16 Å². The third-order valence-corrected chi connectivity index (χ3v) is 3.13. The van der Waals surface area contributed by atoms with Crippen LogP contribution in [0.4, 0.5) is 0 Å². The summed E-state index contributed by atoms with van der Waals surface area (Å²) >= 11 is 1.72. The molecule has 0 amide bonds. The van der Waals surface area contributed by atoms with Gasteiger partial charge in [-0.15, -0.1) is 0 Å². The molecule has 1 N–H and O–H groups in total. The molecule has 1 aromatic heterocycles. The molecule has 1 heterocycles. The Balaban J connectivity index is 1.72. The van der Waals surface area contributed by atoms with Crippen LogP contribution < -0.4 is 0 Å². The van der Waals surface area contributed by atoms with Crippen molar-refractivity contribution in [1.82, 2.24) is 10.1 Å². The van der Waals surface area contributed by atoms with Crippen LogP contribution in [-0.2, 0) is 5.75 Å². The van der Waals surface area contributed by atoms with Gasteiger partial charge in [0.05, 0.1) is 5.75 Å². The molecule has 0 unspecified atom stereocenters. The number of nitrogens with zero attached hydrogens (tertiary/aromatic N) is 2. The van der Waals surface area contributed by atoms with Gasteiger partial charge >= 0.3 is 0 Å². The number of rotatable bonds is 6. The smallest absolute Gasteiger partial charge is 0.236 e. The van der Waals surface area contributed by atoms with Gasteiger partial charge in [0.1, 0.15) is 0 Å². The molecule has 4 nitrogen and oxygen atoms in total. The first kappa shape index (κ1) is 9.98. The second-order valence-electron chi connectivity index (χ2n) is 3.45. The topological polar surface area (TPSA) is 59.2 Å². The molecule has 14 heavy (non-hydrogen) atoms. The summed E-state index contributed by atoms with van der Waals surface area (Å²) in [6.07, 6.45) is 3.24. The molecular weight excluding hydrogens is 200 g/mol. The number of aliphatic hydroxyl groups is 1. The lowest BCUT2D eigenvalue weighted by Crippen LogP contribution is -1.88. The number of aliphatic hydroxyl groups excluding tert-OH is 1. The number of aromatic nitrogens is 2. The van der Waals surface area contributed by atoms with Crippen molar-refractivity contribution in [2.45, 2.75) is 30.9 Å². The van der Waals surface area contributed by atoms with Crippen molar-refractivity contribution in [3.8, 4) is 0 Å². The highest BCUT2D eigenvalue weighted by atomic mass is 32.2. The van der Waals surface area contributed by atoms with E-state index >= 15 is 0 Å². The molecule has 1 saturated carbocycles. The van der Waals surface area contributed by atoms with Gasteiger partial charge in [-0.25, -0.2) is 0 Å². The Morgan fingerprint density at radius 3 is 3.07 bits per heavy atom. The van der Waals surface area contributed by atoms with Gasteiger partial charge in [-0.2, -0.15) is 16.7 Å². The van der Waals surface area contributed by atoms with Crippen molar-refractivity contribution in [3.63, 3.8) is 0 Å². The summed E-state index contributed by atoms with van der Waals surface area (Å²) < 4.78 is 5.10. The molecule has 0 atom stereocenters. The zero-order valence-corrected chi connectivity index (χ0v) is 8.79. The van der Waals surface area contributed by atoms with Crippen LogP contribution in [0.15, 0.2) is 4.52 Å². The molecule has 1 aliphatic rings. The van der Waals surface area contributed by atoms with Crippen LogP contribution >= 0.6 is 11.8 Å². The van der Waals surface area contributed by atoms with E-state index in [0.717, 1.165) is 29.6 Å². The molecule has 0 radical (unpaired) electrons. The van der Waals surface area contributed by atoms with Crippen LogP contribution in [0.3, 0.4) is 0 Å². The molecule has 1 aromatic rings. The first-order valence-electron chi connectivity index (χ1n) is 4.91. The minimum absolute atomic E-state index is 0.254. The van der Waals surface area contributed by atoms with E-state index in [0.29, 0.717) is 5.92 Å². The maximum absolute atomic E-state index is 8.58. The number of hydrogen-bond donors (Lipinski definition) is 1. The minimum Gasteiger partial charge on any atom is -0.396 e. The first-order valence-corrected chi connectivity index (χ1v) is 6.06. The summed E-state index contributed by atoms with van der Waals surface area (Å²) in [5, 5.41) is 12.5. The van der Waals surface area contributed by atoms with Crippen LogP contribution in [-0.4, -0.2) is 27.6 Å². The van der Waals surface area contributed by atoms with Gasteiger partial charge in [-0.05, 0) is 25.0 Å². The maximum Gasteiger partial charge on any atom is 0.236 e. The summed E-state index contributed by atoms with van der Waals surface area (Å²) in [6.45, 7) is 0.254. The molecular formula is C9H14N2O2S. The second kappa shape index (κ2) is 4.79. The van der Waals surface area contributed by atoms with E-state index in [9.17, 15) is 0 Å². The van der Waals surface area contributed by atoms with Crippen molar-refractivity contribution in [2.24, 2.45) is 0 Å². The third kappa shape index (κ3) is 2.72. The third-order valence-electron chi connectivity index (χ3n) is 2.10. The Morgan fingerprint density at radius 1 is 1.50 bits per heavy atom. The van der Waals surface area contributed by atoms with E-state index in [1.165, 1.54) is 12.8 Å². The predicted octanol–water partition coefficient (Wildman–Crippen LogP) is 1.56. The van der Waals surface area contributed by atoms with E-state index in [4.69, 9.17) is 9.63 Å². The van der Waals surface area contributed by atoms with Crippen LogP contribution in [0.1, 0.15) is 36.9 Å². The fraction of sp³-hybridized carbons (Fsp3) is 0.778. The van der Waals surface area contributed by atoms with Crippen LogP contribution in [0.5, 0.6) is 0 Å². The van der Waals surface area contributed by atoms with Crippen LogP contribution in [0, 0.1) is 0 Å². The average Bonchev–Trinajstić information content (AvgIpc) is 2.94. The number of hydrogen-bond acceptors (Lipinski definition) is 5. The quantitative estimate of drug-likeness (QED) is 0.728. The Bertz CT molecular complexity index is 286. The lowest BCUT2D eigenvalue weighted by Gasteiger charge is -1.93. The van der Waals surface area contributed by atoms with E-state index in [2.05, 4.69) is 10.1 Å². The predicted molar refractivity (Wildman–Crippen MR) is 54.1 cm³/mol. The molecule has 78 valence electrons. The van der Waals surface area contributed by atoms with E-state index in [1.807, 2.05) is 0 Å². The maximum atomic E-state index is 8.58. The van der Waals surface area contributed by atoms with E-state index in [1.54, 1.807) is 11.8 Å². The fourth-order valence-electron chi connectivity index (χ4n) is 1.16. The summed E-state index contributed by atoms with van der Waals surface area (Å²) in [5.41, 5.74) is 0. The summed E-state index contributed by atoms with van der Waals surface area (Å²) in [7, 11) is 0. The van der Waals surface area contributed by atoms with E-state index in [-0.39, 0.29) is 6.61 Å². The highest BCUT2D eigenvalue weighted by Crippen LogP contribution is 2.38. The highest BCUT2D eigenvalue weighted by Gasteiger charge is 2.28. The molecule has 2 rings (SSSR count). The van der Waals surface area contributed by atoms with Crippen molar-refractivity contribution >= 4 is 11.8 Å². The summed E-state index contributed by atoms with van der Waals surface area (Å²) in [6, 6.07) is 0. The first-order chi connectivity index (χ1) is 6.90. The summed E-state index contributed by atoms with van der Waals surface area (Å²) in [4.78, 5) is 4.31. The van der Waals surface area contributed by atoms with Gasteiger partial charge < -0.3 is 9.63 Å². The van der Waals surface area contributed by atoms with Gasteiger partial charge in [0.25, 0.3) is 0 Å². The molecule has 0 aliphatic heterocycles. The normalized spacial score (nSPS) is 16.1. The van der Waals surface area contributed by atoms with Gasteiger partial charge in [0, 0.05) is 12.5 Å². The average molecular weight is 214 g/mol. The minimum atomic E-state index is 0.254. The highest BCUT2D eigenvalue weighted by molar-refractivity contribution is 7.98. The van der Waals surface area contributed by atoms with E-state index < -0.39 is 0 Å². The van der Waals surface area contributed by atoms with Gasteiger partial charge in [0.15, 0.2) is 5.82 Å². The second-order valence-corrected chi connectivity index (χ2v) is 4.56. The fourth-order valence-corrected chi connectivity index (χ4v) is 1.93. The zero-order valence-electron chi connectivity index (χ0n) is 7.98. The van der Waals surface area contributed by atoms with Crippen molar-refractivity contribution in [3.05, 3.63) is 11.7 Å². The number of thioether (sulfide) groups is 1. The van der Waals surface area contributed by atoms with Crippen LogP contribution in [0.25, 0.3) is 0 Å². The molecule has 5 heteroatoms. The van der Waals surface area contributed by atoms with Crippen LogP contribution in [0.2, 0.25) is 0 Å². The Kier molecular flexibility index (Phi) is 3.42. The van der Waals surface area contributed by atoms with Crippen molar-refractivity contribution < 1.29 is 9.63 Å². The monoisotopic (exact) mass is 214 g/mol. The Labute approximate surface area is 87.1 Å². The standard InChI is InChI=1S/C9H14N2O2S/c12-4-1-5-14-6-8-10-9(11-13-8)7-2-3-7/h7,12H,1-6H2. The van der Waals surface area contributed by atoms with Gasteiger partial charge in [0.2, 0.25) is 5.89 Å². The summed E-state index contributed by atoms with van der Waals surface area (Å²) in [5.74, 6) is 3.87. The molecule has 1 fully saturated rings. The molecule has 0 spiro atoms.